The lowest BCUT2D eigenvalue weighted by atomic mass is 9.92. The predicted octanol–water partition coefficient (Wildman–Crippen LogP) is 8.11. The van der Waals surface area contributed by atoms with Crippen LogP contribution in [0.3, 0.4) is 0 Å². The largest absolute Gasteiger partial charge is 0.435 e. The Morgan fingerprint density at radius 1 is 0.786 bits per heavy atom. The lowest BCUT2D eigenvalue weighted by molar-refractivity contribution is -0.348. The number of hydrogen-bond donors (Lipinski definition) is 2. The molecule has 0 unspecified atom stereocenters. The van der Waals surface area contributed by atoms with Crippen LogP contribution in [0.25, 0.3) is 0 Å². The van der Waals surface area contributed by atoms with Crippen molar-refractivity contribution in [2.45, 2.75) is 24.2 Å². The molecule has 0 aliphatic heterocycles. The van der Waals surface area contributed by atoms with Gasteiger partial charge < -0.3 is 10.6 Å². The number of rotatable bonds is 5. The van der Waals surface area contributed by atoms with Gasteiger partial charge in [-0.2, -0.15) is 44.8 Å². The van der Waals surface area contributed by atoms with Crippen molar-refractivity contribution in [3.63, 3.8) is 0 Å². The van der Waals surface area contributed by atoms with Gasteiger partial charge in [-0.1, -0.05) is 12.1 Å². The summed E-state index contributed by atoms with van der Waals surface area (Å²) in [5, 5.41) is 12.6. The Balaban J connectivity index is 2.04. The zero-order valence-electron chi connectivity index (χ0n) is 20.0. The van der Waals surface area contributed by atoms with Gasteiger partial charge in [0.2, 0.25) is 0 Å². The molecule has 5 nitrogen and oxygen atoms in total. The smallest absolute Gasteiger partial charge is 0.320 e. The number of benzene rings is 3. The summed E-state index contributed by atoms with van der Waals surface area (Å²) in [5.41, 5.74) is -14.0. The van der Waals surface area contributed by atoms with Gasteiger partial charge in [0.05, 0.1) is 34.1 Å². The normalized spacial score (nSPS) is 12.5. The Hall–Kier alpha value is -3.95. The van der Waals surface area contributed by atoms with Crippen molar-refractivity contribution in [2.24, 2.45) is 0 Å². The summed E-state index contributed by atoms with van der Waals surface area (Å²) in [4.78, 5) is 25.2. The van der Waals surface area contributed by atoms with Crippen molar-refractivity contribution < 1.29 is 57.9 Å². The van der Waals surface area contributed by atoms with Crippen LogP contribution >= 0.6 is 22.6 Å². The minimum absolute atomic E-state index is 0.0767. The van der Waals surface area contributed by atoms with Crippen LogP contribution in [0.4, 0.5) is 59.7 Å². The lowest BCUT2D eigenvalue weighted by Crippen LogP contribution is -2.50. The second-order valence-electron chi connectivity index (χ2n) is 8.30. The third-order valence-electron chi connectivity index (χ3n) is 5.56. The molecular formula is C25H11F11IN3O2. The van der Waals surface area contributed by atoms with Crippen molar-refractivity contribution in [1.29, 1.82) is 5.26 Å². The highest BCUT2D eigenvalue weighted by Crippen LogP contribution is 2.54. The topological polar surface area (TPSA) is 82.0 Å². The number of alkyl halides is 10. The average Bonchev–Trinajstić information content (AvgIpc) is 2.88. The molecule has 0 aliphatic carbocycles. The maximum atomic E-state index is 15.1. The highest BCUT2D eigenvalue weighted by molar-refractivity contribution is 14.1. The summed E-state index contributed by atoms with van der Waals surface area (Å²) in [6, 6.07) is 8.68. The number of halogens is 12. The molecule has 0 heterocycles. The van der Waals surface area contributed by atoms with Crippen LogP contribution < -0.4 is 10.6 Å². The quantitative estimate of drug-likeness (QED) is 0.207. The summed E-state index contributed by atoms with van der Waals surface area (Å²) < 4.78 is 149. The van der Waals surface area contributed by atoms with Gasteiger partial charge in [0.1, 0.15) is 0 Å². The van der Waals surface area contributed by atoms with Gasteiger partial charge in [-0.25, -0.2) is 8.78 Å². The third-order valence-corrected chi connectivity index (χ3v) is 6.41. The predicted molar refractivity (Wildman–Crippen MR) is 133 cm³/mol. The van der Waals surface area contributed by atoms with E-state index in [1.807, 2.05) is 0 Å². The Bertz CT molecular complexity index is 1580. The van der Waals surface area contributed by atoms with Gasteiger partial charge in [-0.05, 0) is 65.1 Å². The molecule has 2 amide bonds. The van der Waals surface area contributed by atoms with E-state index < -0.39 is 79.5 Å². The number of carbonyl (C=O) groups excluding carboxylic acids is 2. The first-order valence-corrected chi connectivity index (χ1v) is 11.9. The number of nitriles is 1. The summed E-state index contributed by atoms with van der Waals surface area (Å²) in [6.07, 6.45) is -19.2. The molecule has 0 aromatic heterocycles. The van der Waals surface area contributed by atoms with Crippen molar-refractivity contribution in [2.75, 3.05) is 10.6 Å². The first kappa shape index (κ1) is 32.6. The number of nitrogens with one attached hydrogen (secondary N) is 2. The fourth-order valence-corrected chi connectivity index (χ4v) is 4.31. The molecule has 0 bridgehead atoms. The lowest BCUT2D eigenvalue weighted by Gasteiger charge is -2.31. The third kappa shape index (κ3) is 6.27. The van der Waals surface area contributed by atoms with Crippen LogP contribution in [0, 0.1) is 20.7 Å². The van der Waals surface area contributed by atoms with Crippen molar-refractivity contribution >= 4 is 45.8 Å². The maximum Gasteiger partial charge on any atom is 0.435 e. The van der Waals surface area contributed by atoms with Gasteiger partial charge >= 0.3 is 24.2 Å². The van der Waals surface area contributed by atoms with E-state index in [2.05, 4.69) is 5.32 Å². The van der Waals surface area contributed by atoms with Crippen LogP contribution in [-0.4, -0.2) is 24.2 Å². The molecule has 0 saturated carbocycles. The molecule has 0 atom stereocenters. The summed E-state index contributed by atoms with van der Waals surface area (Å²) in [5.74, 6) is -4.07. The number of nitrogens with zero attached hydrogens (tertiary/aromatic N) is 1. The molecule has 3 aromatic carbocycles. The number of amides is 2. The minimum Gasteiger partial charge on any atom is -0.320 e. The first-order chi connectivity index (χ1) is 19.2. The van der Waals surface area contributed by atoms with E-state index in [9.17, 15) is 53.5 Å². The second kappa shape index (κ2) is 11.4. The van der Waals surface area contributed by atoms with Gasteiger partial charge in [0.15, 0.2) is 5.82 Å². The molecule has 42 heavy (non-hydrogen) atoms. The molecule has 0 spiro atoms. The molecule has 0 saturated heterocycles. The van der Waals surface area contributed by atoms with Crippen molar-refractivity contribution in [1.82, 2.24) is 0 Å². The van der Waals surface area contributed by atoms with Gasteiger partial charge in [0.25, 0.3) is 11.8 Å². The van der Waals surface area contributed by atoms with E-state index in [0.717, 1.165) is 46.9 Å². The molecule has 0 radical (unpaired) electrons. The summed E-state index contributed by atoms with van der Waals surface area (Å²) >= 11 is 0.855. The van der Waals surface area contributed by atoms with Crippen LogP contribution in [0.1, 0.15) is 37.4 Å². The molecule has 0 fully saturated rings. The highest BCUT2D eigenvalue weighted by Gasteiger charge is 2.73. The maximum absolute atomic E-state index is 15.1. The summed E-state index contributed by atoms with van der Waals surface area (Å²) in [7, 11) is 0. The van der Waals surface area contributed by atoms with E-state index in [4.69, 9.17) is 5.26 Å². The summed E-state index contributed by atoms with van der Waals surface area (Å²) in [6.45, 7) is 0. The molecule has 3 aromatic rings. The van der Waals surface area contributed by atoms with E-state index >= 15 is 4.39 Å². The standard InChI is InChI=1S/C25H11F11IN3O2/c26-18-14(5-2-6-17(18)39-20(41)12-4-1-3-11(7-12)10-38)21(42)40-19-15(23(28,29)30)8-13(9-16(19)37)22(27,24(31,32)33)25(34,35)36/h1-9H,(H,39,41)(H,40,42). The molecular weight excluding hydrogens is 710 g/mol. The van der Waals surface area contributed by atoms with Crippen molar-refractivity contribution in [3.05, 3.63) is 91.8 Å². The first-order valence-electron chi connectivity index (χ1n) is 10.9. The Labute approximate surface area is 241 Å². The van der Waals surface area contributed by atoms with Gasteiger partial charge in [-0.15, -0.1) is 0 Å². The molecule has 0 aliphatic rings. The van der Waals surface area contributed by atoms with Crippen molar-refractivity contribution in [3.8, 4) is 6.07 Å². The number of anilines is 2. The highest BCUT2D eigenvalue weighted by atomic mass is 127. The average molecular weight is 721 g/mol. The molecule has 222 valence electrons. The van der Waals surface area contributed by atoms with Gasteiger partial charge in [-0.3, -0.25) is 9.59 Å². The Morgan fingerprint density at radius 3 is 1.93 bits per heavy atom. The fraction of sp³-hybridized carbons (Fsp3) is 0.160. The molecule has 3 rings (SSSR count). The number of hydrogen-bond acceptors (Lipinski definition) is 3. The van der Waals surface area contributed by atoms with Crippen LogP contribution in [0.15, 0.2) is 54.6 Å². The van der Waals surface area contributed by atoms with E-state index in [1.54, 1.807) is 11.4 Å². The Kier molecular flexibility index (Phi) is 8.82. The monoisotopic (exact) mass is 721 g/mol. The number of carbonyl (C=O) groups is 2. The fourth-order valence-electron chi connectivity index (χ4n) is 3.55. The Morgan fingerprint density at radius 2 is 1.38 bits per heavy atom. The van der Waals surface area contributed by atoms with Crippen LogP contribution in [0.2, 0.25) is 0 Å². The van der Waals surface area contributed by atoms with E-state index in [1.165, 1.54) is 18.2 Å². The minimum atomic E-state index is -6.72. The van der Waals surface area contributed by atoms with Crippen LogP contribution in [0.5, 0.6) is 0 Å². The molecule has 2 N–H and O–H groups in total. The van der Waals surface area contributed by atoms with E-state index in [0.29, 0.717) is 0 Å². The van der Waals surface area contributed by atoms with E-state index in [-0.39, 0.29) is 17.2 Å². The molecule has 17 heteroatoms. The zero-order valence-corrected chi connectivity index (χ0v) is 22.2. The van der Waals surface area contributed by atoms with Crippen LogP contribution in [-0.2, 0) is 11.8 Å². The van der Waals surface area contributed by atoms with Gasteiger partial charge in [0, 0.05) is 14.7 Å². The second-order valence-corrected chi connectivity index (χ2v) is 9.46. The zero-order chi connectivity index (χ0) is 31.8. The SMILES string of the molecule is N#Cc1cccc(C(=O)Nc2cccc(C(=O)Nc3c(I)cc(C(F)(C(F)(F)F)C(F)(F)F)cc3C(F)(F)F)c2F)c1.